The molecule has 3 N–H and O–H groups in total. The molecule has 0 aliphatic heterocycles. The monoisotopic (exact) mass is 185 g/mol. The third-order valence-corrected chi connectivity index (χ3v) is 3.09. The van der Waals surface area contributed by atoms with Crippen molar-refractivity contribution in [2.45, 2.75) is 26.3 Å². The van der Waals surface area contributed by atoms with Crippen LogP contribution in [0.25, 0.3) is 0 Å². The minimum absolute atomic E-state index is 0.0655. The minimum Gasteiger partial charge on any atom is -0.395 e. The van der Waals surface area contributed by atoms with Crippen LogP contribution in [0.2, 0.25) is 0 Å². The molecule has 68 valence electrons. The molecule has 0 fully saturated rings. The Morgan fingerprint density at radius 3 is 2.67 bits per heavy atom. The molecule has 0 aromatic carbocycles. The molecule has 12 heavy (non-hydrogen) atoms. The van der Waals surface area contributed by atoms with Crippen LogP contribution in [0.3, 0.4) is 0 Å². The zero-order chi connectivity index (χ0) is 9.14. The second-order valence-corrected chi connectivity index (χ2v) is 4.44. The first kappa shape index (κ1) is 9.71. The summed E-state index contributed by atoms with van der Waals surface area (Å²) in [7, 11) is 0. The number of rotatable bonds is 3. The standard InChI is InChI=1S/C9H15NOS/c1-6-3-9(12-7(6)2)4-8(10)5-11/h3,8,11H,4-5,10H2,1-2H3. The van der Waals surface area contributed by atoms with Gasteiger partial charge >= 0.3 is 0 Å². The maximum atomic E-state index is 8.75. The first-order valence-electron chi connectivity index (χ1n) is 4.06. The van der Waals surface area contributed by atoms with E-state index in [1.165, 1.54) is 15.3 Å². The van der Waals surface area contributed by atoms with Crippen molar-refractivity contribution in [3.05, 3.63) is 21.4 Å². The fourth-order valence-corrected chi connectivity index (χ4v) is 2.22. The molecule has 0 amide bonds. The van der Waals surface area contributed by atoms with Crippen molar-refractivity contribution in [3.8, 4) is 0 Å². The summed E-state index contributed by atoms with van der Waals surface area (Å²) in [6.07, 6.45) is 0.788. The number of nitrogens with two attached hydrogens (primary N) is 1. The van der Waals surface area contributed by atoms with Crippen LogP contribution in [0.15, 0.2) is 6.07 Å². The summed E-state index contributed by atoms with van der Waals surface area (Å²) in [6.45, 7) is 4.27. The van der Waals surface area contributed by atoms with Crippen molar-refractivity contribution in [3.63, 3.8) is 0 Å². The molecule has 0 aliphatic carbocycles. The first-order chi connectivity index (χ1) is 5.63. The van der Waals surface area contributed by atoms with Gasteiger partial charge in [0.15, 0.2) is 0 Å². The van der Waals surface area contributed by atoms with E-state index in [4.69, 9.17) is 10.8 Å². The molecule has 0 radical (unpaired) electrons. The van der Waals surface area contributed by atoms with E-state index in [0.29, 0.717) is 0 Å². The van der Waals surface area contributed by atoms with Crippen LogP contribution in [0, 0.1) is 13.8 Å². The lowest BCUT2D eigenvalue weighted by atomic mass is 10.2. The molecule has 1 heterocycles. The highest BCUT2D eigenvalue weighted by atomic mass is 32.1. The Bertz CT molecular complexity index is 238. The van der Waals surface area contributed by atoms with Crippen LogP contribution in [-0.4, -0.2) is 17.8 Å². The average Bonchev–Trinajstić information content (AvgIpc) is 2.31. The van der Waals surface area contributed by atoms with Crippen molar-refractivity contribution in [2.24, 2.45) is 5.73 Å². The lowest BCUT2D eigenvalue weighted by Gasteiger charge is -2.04. The molecular formula is C9H15NOS. The average molecular weight is 185 g/mol. The number of aliphatic hydroxyl groups is 1. The number of hydrogen-bond acceptors (Lipinski definition) is 3. The Morgan fingerprint density at radius 2 is 2.25 bits per heavy atom. The predicted octanol–water partition coefficient (Wildman–Crippen LogP) is 1.23. The van der Waals surface area contributed by atoms with Gasteiger partial charge in [-0.15, -0.1) is 11.3 Å². The van der Waals surface area contributed by atoms with Crippen LogP contribution in [-0.2, 0) is 6.42 Å². The summed E-state index contributed by atoms with van der Waals surface area (Å²) < 4.78 is 0. The Morgan fingerprint density at radius 1 is 1.58 bits per heavy atom. The molecular weight excluding hydrogens is 170 g/mol. The van der Waals surface area contributed by atoms with Gasteiger partial charge in [-0.1, -0.05) is 0 Å². The molecule has 0 spiro atoms. The number of thiophene rings is 1. The van der Waals surface area contributed by atoms with Crippen molar-refractivity contribution < 1.29 is 5.11 Å². The van der Waals surface area contributed by atoms with Gasteiger partial charge in [-0.3, -0.25) is 0 Å². The molecule has 0 saturated heterocycles. The van der Waals surface area contributed by atoms with E-state index in [9.17, 15) is 0 Å². The molecule has 0 saturated carbocycles. The van der Waals surface area contributed by atoms with E-state index >= 15 is 0 Å². The van der Waals surface area contributed by atoms with Crippen LogP contribution in [0.4, 0.5) is 0 Å². The summed E-state index contributed by atoms with van der Waals surface area (Å²) in [5.41, 5.74) is 6.94. The highest BCUT2D eigenvalue weighted by molar-refractivity contribution is 7.12. The van der Waals surface area contributed by atoms with E-state index in [1.807, 2.05) is 0 Å². The summed E-state index contributed by atoms with van der Waals surface area (Å²) in [4.78, 5) is 2.61. The van der Waals surface area contributed by atoms with Crippen molar-refractivity contribution >= 4 is 11.3 Å². The van der Waals surface area contributed by atoms with Crippen molar-refractivity contribution in [1.82, 2.24) is 0 Å². The summed E-state index contributed by atoms with van der Waals surface area (Å²) in [6, 6.07) is 2.04. The smallest absolute Gasteiger partial charge is 0.0586 e. The van der Waals surface area contributed by atoms with Gasteiger partial charge in [-0.25, -0.2) is 0 Å². The van der Waals surface area contributed by atoms with Crippen LogP contribution >= 0.6 is 11.3 Å². The molecule has 0 bridgehead atoms. The van der Waals surface area contributed by atoms with Crippen LogP contribution in [0.5, 0.6) is 0 Å². The predicted molar refractivity (Wildman–Crippen MR) is 52.6 cm³/mol. The van der Waals surface area contributed by atoms with Gasteiger partial charge in [-0.2, -0.15) is 0 Å². The fraction of sp³-hybridized carbons (Fsp3) is 0.556. The van der Waals surface area contributed by atoms with Crippen LogP contribution < -0.4 is 5.73 Å². The maximum absolute atomic E-state index is 8.75. The molecule has 0 aliphatic rings. The van der Waals surface area contributed by atoms with Gasteiger partial charge in [-0.05, 0) is 31.9 Å². The third-order valence-electron chi connectivity index (χ3n) is 1.91. The highest BCUT2D eigenvalue weighted by Crippen LogP contribution is 2.21. The van der Waals surface area contributed by atoms with E-state index in [-0.39, 0.29) is 12.6 Å². The molecule has 1 aromatic rings. The van der Waals surface area contributed by atoms with E-state index in [2.05, 4.69) is 19.9 Å². The van der Waals surface area contributed by atoms with E-state index < -0.39 is 0 Å². The van der Waals surface area contributed by atoms with E-state index in [1.54, 1.807) is 11.3 Å². The molecule has 1 rings (SSSR count). The van der Waals surface area contributed by atoms with Gasteiger partial charge < -0.3 is 10.8 Å². The Balaban J connectivity index is 2.64. The second kappa shape index (κ2) is 4.03. The second-order valence-electron chi connectivity index (χ2n) is 3.10. The number of aliphatic hydroxyl groups excluding tert-OH is 1. The van der Waals surface area contributed by atoms with Crippen LogP contribution in [0.1, 0.15) is 15.3 Å². The first-order valence-corrected chi connectivity index (χ1v) is 4.87. The molecule has 3 heteroatoms. The maximum Gasteiger partial charge on any atom is 0.0586 e. The molecule has 2 nitrogen and oxygen atoms in total. The van der Waals surface area contributed by atoms with Crippen molar-refractivity contribution in [2.75, 3.05) is 6.61 Å². The lowest BCUT2D eigenvalue weighted by Crippen LogP contribution is -2.26. The van der Waals surface area contributed by atoms with E-state index in [0.717, 1.165) is 6.42 Å². The summed E-state index contributed by atoms with van der Waals surface area (Å²) in [5.74, 6) is 0. The fourth-order valence-electron chi connectivity index (χ4n) is 1.07. The number of aryl methyl sites for hydroxylation is 2. The Labute approximate surface area is 77.0 Å². The van der Waals surface area contributed by atoms with Gasteiger partial charge in [0, 0.05) is 15.8 Å². The third kappa shape index (κ3) is 2.30. The Kier molecular flexibility index (Phi) is 3.26. The molecule has 1 atom stereocenters. The number of hydrogen-bond donors (Lipinski definition) is 2. The molecule has 1 aromatic heterocycles. The largest absolute Gasteiger partial charge is 0.395 e. The minimum atomic E-state index is -0.109. The van der Waals surface area contributed by atoms with Gasteiger partial charge in [0.1, 0.15) is 0 Å². The highest BCUT2D eigenvalue weighted by Gasteiger charge is 2.05. The summed E-state index contributed by atoms with van der Waals surface area (Å²) in [5, 5.41) is 8.75. The normalized spacial score (nSPS) is 13.3. The summed E-state index contributed by atoms with van der Waals surface area (Å²) >= 11 is 1.77. The quantitative estimate of drug-likeness (QED) is 0.744. The lowest BCUT2D eigenvalue weighted by molar-refractivity contribution is 0.265. The SMILES string of the molecule is Cc1cc(CC(N)CO)sc1C. The van der Waals surface area contributed by atoms with Crippen molar-refractivity contribution in [1.29, 1.82) is 0 Å². The zero-order valence-corrected chi connectivity index (χ0v) is 8.32. The van der Waals surface area contributed by atoms with Gasteiger partial charge in [0.25, 0.3) is 0 Å². The topological polar surface area (TPSA) is 46.2 Å². The molecule has 1 unspecified atom stereocenters. The zero-order valence-electron chi connectivity index (χ0n) is 7.50. The van der Waals surface area contributed by atoms with Gasteiger partial charge in [0.2, 0.25) is 0 Å². The Hall–Kier alpha value is -0.380. The van der Waals surface area contributed by atoms with Gasteiger partial charge in [0.05, 0.1) is 6.61 Å².